The van der Waals surface area contributed by atoms with Gasteiger partial charge in [-0.3, -0.25) is 9.78 Å². The summed E-state index contributed by atoms with van der Waals surface area (Å²) >= 11 is 0. The highest BCUT2D eigenvalue weighted by Crippen LogP contribution is 2.38. The minimum absolute atomic E-state index is 0.0414. The molecule has 2 aliphatic carbocycles. The van der Waals surface area contributed by atoms with Crippen molar-refractivity contribution in [2.45, 2.75) is 91.0 Å². The fraction of sp³-hybridized carbons (Fsp3) is 0.769. The maximum atomic E-state index is 13.1. The van der Waals surface area contributed by atoms with Crippen LogP contribution in [0.4, 0.5) is 13.2 Å². The van der Waals surface area contributed by atoms with Gasteiger partial charge in [-0.1, -0.05) is 27.7 Å². The van der Waals surface area contributed by atoms with E-state index < -0.39 is 11.7 Å². The molecule has 1 aromatic rings. The van der Waals surface area contributed by atoms with Gasteiger partial charge in [0.25, 0.3) is 0 Å². The van der Waals surface area contributed by atoms with Crippen molar-refractivity contribution in [3.8, 4) is 0 Å². The number of carbonyl (C=O) groups excluding carboxylic acids is 1. The van der Waals surface area contributed by atoms with Gasteiger partial charge in [-0.25, -0.2) is 0 Å². The highest BCUT2D eigenvalue weighted by Gasteiger charge is 2.42. The zero-order chi connectivity index (χ0) is 24.9. The Kier molecular flexibility index (Phi) is 9.38. The molecule has 5 rings (SSSR count). The molecule has 1 saturated heterocycles. The van der Waals surface area contributed by atoms with Gasteiger partial charge >= 0.3 is 6.18 Å². The lowest BCUT2D eigenvalue weighted by atomic mass is 9.95. The van der Waals surface area contributed by atoms with Gasteiger partial charge < -0.3 is 15.0 Å². The van der Waals surface area contributed by atoms with Gasteiger partial charge in [0.2, 0.25) is 5.91 Å². The summed E-state index contributed by atoms with van der Waals surface area (Å²) in [6.07, 6.45) is 2.09. The van der Waals surface area contributed by atoms with Crippen molar-refractivity contribution in [3.05, 3.63) is 29.1 Å². The summed E-state index contributed by atoms with van der Waals surface area (Å²) in [5.41, 5.74) is 0.454. The van der Waals surface area contributed by atoms with Crippen LogP contribution >= 0.6 is 0 Å². The fourth-order valence-corrected chi connectivity index (χ4v) is 5.85. The van der Waals surface area contributed by atoms with E-state index in [9.17, 15) is 18.0 Å². The number of hydrogen-bond donors (Lipinski definition) is 1. The summed E-state index contributed by atoms with van der Waals surface area (Å²) in [6.45, 7) is 10.4. The molecule has 3 fully saturated rings. The van der Waals surface area contributed by atoms with Gasteiger partial charge in [0.1, 0.15) is 0 Å². The molecule has 4 aliphatic rings. The molecule has 1 N–H and O–H groups in total. The predicted molar refractivity (Wildman–Crippen MR) is 126 cm³/mol. The Morgan fingerprint density at radius 1 is 1.09 bits per heavy atom. The number of nitrogens with one attached hydrogen (secondary N) is 1. The van der Waals surface area contributed by atoms with E-state index in [0.717, 1.165) is 44.7 Å². The number of amides is 1. The standard InChI is InChI=1S/C22H28F3N3O2.2C2H6/c23-22(24,25)17-7-16-10-28(6-5-19(16)26-9-17)21(29)13-3-4-18(8-13)27-20-14-1-2-15(20)12-30-11-14;2*1-2/h7,9,13-15,18,20,27H,1-6,8,10-12H2;2*1-2H3. The molecule has 192 valence electrons. The molecule has 0 radical (unpaired) electrons. The minimum Gasteiger partial charge on any atom is -0.381 e. The zero-order valence-electron chi connectivity index (χ0n) is 21.0. The van der Waals surface area contributed by atoms with Crippen molar-refractivity contribution in [2.24, 2.45) is 17.8 Å². The first-order valence-corrected chi connectivity index (χ1v) is 13.1. The summed E-state index contributed by atoms with van der Waals surface area (Å²) in [5, 5.41) is 3.82. The van der Waals surface area contributed by atoms with Crippen LogP contribution in [0.15, 0.2) is 12.3 Å². The van der Waals surface area contributed by atoms with Crippen LogP contribution in [0.25, 0.3) is 0 Å². The Hall–Kier alpha value is -1.67. The van der Waals surface area contributed by atoms with Gasteiger partial charge in [0.15, 0.2) is 0 Å². The van der Waals surface area contributed by atoms with Crippen molar-refractivity contribution in [3.63, 3.8) is 0 Å². The number of alkyl halides is 3. The van der Waals surface area contributed by atoms with Gasteiger partial charge in [-0.05, 0) is 55.6 Å². The second kappa shape index (κ2) is 11.8. The lowest BCUT2D eigenvalue weighted by Crippen LogP contribution is -2.48. The van der Waals surface area contributed by atoms with Crippen molar-refractivity contribution >= 4 is 5.91 Å². The van der Waals surface area contributed by atoms with E-state index in [4.69, 9.17) is 4.74 Å². The van der Waals surface area contributed by atoms with E-state index in [1.165, 1.54) is 12.8 Å². The van der Waals surface area contributed by atoms with Crippen LogP contribution < -0.4 is 5.32 Å². The van der Waals surface area contributed by atoms with Crippen LogP contribution in [0.3, 0.4) is 0 Å². The van der Waals surface area contributed by atoms with E-state index in [2.05, 4.69) is 10.3 Å². The second-order valence-electron chi connectivity index (χ2n) is 9.37. The Bertz CT molecular complexity index is 801. The molecule has 0 spiro atoms. The molecule has 3 heterocycles. The van der Waals surface area contributed by atoms with Crippen LogP contribution in [-0.2, 0) is 28.7 Å². The molecule has 1 amide bonds. The van der Waals surface area contributed by atoms with Crippen molar-refractivity contribution < 1.29 is 22.7 Å². The Labute approximate surface area is 201 Å². The number of fused-ring (bicyclic) bond motifs is 3. The van der Waals surface area contributed by atoms with E-state index in [0.29, 0.717) is 48.1 Å². The first-order valence-electron chi connectivity index (χ1n) is 13.1. The van der Waals surface area contributed by atoms with E-state index >= 15 is 0 Å². The molecular formula is C26H40F3N3O2. The molecule has 8 heteroatoms. The van der Waals surface area contributed by atoms with E-state index in [1.54, 1.807) is 4.90 Å². The smallest absolute Gasteiger partial charge is 0.381 e. The highest BCUT2D eigenvalue weighted by atomic mass is 19.4. The molecular weight excluding hydrogens is 443 g/mol. The summed E-state index contributed by atoms with van der Waals surface area (Å²) in [5.74, 6) is 1.22. The molecule has 1 aromatic heterocycles. The number of hydrogen-bond acceptors (Lipinski definition) is 4. The summed E-state index contributed by atoms with van der Waals surface area (Å²) in [7, 11) is 0. The average molecular weight is 484 g/mol. The average Bonchev–Trinajstić information content (AvgIpc) is 3.40. The monoisotopic (exact) mass is 483 g/mol. The van der Waals surface area contributed by atoms with Gasteiger partial charge in [0, 0.05) is 49.4 Å². The zero-order valence-corrected chi connectivity index (χ0v) is 21.0. The Morgan fingerprint density at radius 2 is 1.76 bits per heavy atom. The lowest BCUT2D eigenvalue weighted by Gasteiger charge is -2.33. The number of pyridine rings is 1. The number of halogens is 3. The summed E-state index contributed by atoms with van der Waals surface area (Å²) in [4.78, 5) is 18.8. The molecule has 4 atom stereocenters. The van der Waals surface area contributed by atoms with E-state index in [1.807, 2.05) is 27.7 Å². The van der Waals surface area contributed by atoms with Crippen molar-refractivity contribution in [1.29, 1.82) is 0 Å². The Balaban J connectivity index is 0.000000771. The van der Waals surface area contributed by atoms with Crippen LogP contribution in [-0.4, -0.2) is 47.6 Å². The molecule has 34 heavy (non-hydrogen) atoms. The van der Waals surface area contributed by atoms with Crippen molar-refractivity contribution in [1.82, 2.24) is 15.2 Å². The number of ether oxygens (including phenoxy) is 1. The van der Waals surface area contributed by atoms with Gasteiger partial charge in [0.05, 0.1) is 18.8 Å². The number of rotatable bonds is 3. The SMILES string of the molecule is CC.CC.O=C(C1CCC(NC2C3CCC2COC3)C1)N1CCc2ncc(C(F)(F)F)cc2C1. The van der Waals surface area contributed by atoms with Crippen LogP contribution in [0, 0.1) is 17.8 Å². The van der Waals surface area contributed by atoms with Gasteiger partial charge in [-0.2, -0.15) is 13.2 Å². The molecule has 4 unspecified atom stereocenters. The quantitative estimate of drug-likeness (QED) is 0.640. The number of aromatic nitrogens is 1. The predicted octanol–water partition coefficient (Wildman–Crippen LogP) is 5.22. The third kappa shape index (κ3) is 5.93. The number of carbonyl (C=O) groups is 1. The maximum Gasteiger partial charge on any atom is 0.417 e. The van der Waals surface area contributed by atoms with Crippen LogP contribution in [0.2, 0.25) is 0 Å². The maximum absolute atomic E-state index is 13.1. The molecule has 5 nitrogen and oxygen atoms in total. The van der Waals surface area contributed by atoms with Crippen LogP contribution in [0.5, 0.6) is 0 Å². The fourth-order valence-electron chi connectivity index (χ4n) is 5.85. The largest absolute Gasteiger partial charge is 0.417 e. The minimum atomic E-state index is -4.41. The summed E-state index contributed by atoms with van der Waals surface area (Å²) in [6, 6.07) is 2.01. The van der Waals surface area contributed by atoms with Crippen LogP contribution in [0.1, 0.15) is 76.6 Å². The molecule has 2 bridgehead atoms. The van der Waals surface area contributed by atoms with Crippen molar-refractivity contribution in [2.75, 3.05) is 19.8 Å². The summed E-state index contributed by atoms with van der Waals surface area (Å²) < 4.78 is 44.7. The Morgan fingerprint density at radius 3 is 2.41 bits per heavy atom. The first-order chi connectivity index (χ1) is 16.4. The number of nitrogens with zero attached hydrogens (tertiary/aromatic N) is 2. The first kappa shape index (κ1) is 26.9. The van der Waals surface area contributed by atoms with Gasteiger partial charge in [-0.15, -0.1) is 0 Å². The third-order valence-corrected chi connectivity index (χ3v) is 7.48. The lowest BCUT2D eigenvalue weighted by molar-refractivity contribution is -0.137. The molecule has 2 saturated carbocycles. The normalized spacial score (nSPS) is 30.0. The topological polar surface area (TPSA) is 54.5 Å². The second-order valence-corrected chi connectivity index (χ2v) is 9.37. The molecule has 0 aromatic carbocycles. The third-order valence-electron chi connectivity index (χ3n) is 7.48. The van der Waals surface area contributed by atoms with E-state index in [-0.39, 0.29) is 18.4 Å². The highest BCUT2D eigenvalue weighted by molar-refractivity contribution is 5.79. The molecule has 2 aliphatic heterocycles.